The predicted octanol–water partition coefficient (Wildman–Crippen LogP) is 4.94. The molecule has 0 spiro atoms. The number of carboxylic acid groups (broad SMARTS) is 1. The Bertz CT molecular complexity index is 1300. The molecule has 0 bridgehead atoms. The highest BCUT2D eigenvalue weighted by atomic mass is 32.1. The summed E-state index contributed by atoms with van der Waals surface area (Å²) in [5.41, 5.74) is 4.80. The van der Waals surface area contributed by atoms with Crippen LogP contribution < -0.4 is 21.3 Å². The van der Waals surface area contributed by atoms with Crippen molar-refractivity contribution in [2.24, 2.45) is 5.92 Å². The third-order valence-corrected chi connectivity index (χ3v) is 8.80. The topological polar surface area (TPSA) is 102 Å². The number of hydrogen-bond donors (Lipinski definition) is 5. The van der Waals surface area contributed by atoms with Gasteiger partial charge in [-0.15, -0.1) is 11.3 Å². The quantitative estimate of drug-likeness (QED) is 0.254. The second-order valence-corrected chi connectivity index (χ2v) is 11.7. The first kappa shape index (κ1) is 26.4. The van der Waals surface area contributed by atoms with E-state index in [4.69, 9.17) is 0 Å². The van der Waals surface area contributed by atoms with Gasteiger partial charge >= 0.3 is 5.97 Å². The van der Waals surface area contributed by atoms with Crippen molar-refractivity contribution in [3.63, 3.8) is 0 Å². The van der Waals surface area contributed by atoms with Crippen LogP contribution in [-0.2, 0) is 11.3 Å². The molecule has 8 heteroatoms. The van der Waals surface area contributed by atoms with Crippen LogP contribution in [-0.4, -0.2) is 42.2 Å². The number of carbonyl (C=O) groups excluding carboxylic acids is 1. The lowest BCUT2D eigenvalue weighted by Gasteiger charge is -2.29. The fourth-order valence-electron chi connectivity index (χ4n) is 5.17. The Kier molecular flexibility index (Phi) is 8.12. The molecule has 2 heterocycles. The molecule has 1 aromatic heterocycles. The van der Waals surface area contributed by atoms with Crippen LogP contribution in [0.5, 0.6) is 0 Å². The predicted molar refractivity (Wildman–Crippen MR) is 153 cm³/mol. The second kappa shape index (κ2) is 11.7. The molecular weight excluding hydrogens is 496 g/mol. The summed E-state index contributed by atoms with van der Waals surface area (Å²) in [6, 6.07) is 19.1. The van der Waals surface area contributed by atoms with E-state index in [9.17, 15) is 14.7 Å². The average molecular weight is 533 g/mol. The number of amides is 1. The largest absolute Gasteiger partial charge is 0.481 e. The van der Waals surface area contributed by atoms with Crippen LogP contribution in [0, 0.1) is 12.8 Å². The van der Waals surface area contributed by atoms with Gasteiger partial charge in [0.1, 0.15) is 0 Å². The number of nitrogens with one attached hydrogen (secondary N) is 4. The number of rotatable bonds is 10. The molecule has 1 amide bonds. The Morgan fingerprint density at radius 1 is 1.08 bits per heavy atom. The molecule has 5 N–H and O–H groups in total. The van der Waals surface area contributed by atoms with Crippen LogP contribution in [0.2, 0.25) is 0 Å². The standard InChI is InChI=1S/C30H36N4O3S/c1-18-6-8-24(34-25-15-31-16-25)14-27(18)29(35)33-19(2)20-4-3-5-21(12-20)28-11-10-26(38-28)17-32-23-9-7-22(13-23)30(36)37/h3-6,8,10-12,14,19,22-23,25,31-32,34H,7,9,13,15-17H2,1-2H3,(H,33,35)(H,36,37)/t19-,22-,23+/m1/s1. The van der Waals surface area contributed by atoms with E-state index in [-0.39, 0.29) is 23.9 Å². The molecule has 1 aliphatic carbocycles. The third-order valence-electron chi connectivity index (χ3n) is 7.66. The number of hydrogen-bond acceptors (Lipinski definition) is 6. The highest BCUT2D eigenvalue weighted by Crippen LogP contribution is 2.31. The van der Waals surface area contributed by atoms with E-state index in [0.29, 0.717) is 18.0 Å². The number of thiophene rings is 1. The molecule has 1 aliphatic heterocycles. The van der Waals surface area contributed by atoms with Gasteiger partial charge in [-0.3, -0.25) is 9.59 Å². The van der Waals surface area contributed by atoms with Gasteiger partial charge in [0.25, 0.3) is 5.91 Å². The fourth-order valence-corrected chi connectivity index (χ4v) is 6.12. The molecule has 0 unspecified atom stereocenters. The first-order valence-corrected chi connectivity index (χ1v) is 14.2. The van der Waals surface area contributed by atoms with Gasteiger partial charge < -0.3 is 26.4 Å². The lowest BCUT2D eigenvalue weighted by atomic mass is 10.0. The molecule has 2 fully saturated rings. The van der Waals surface area contributed by atoms with Gasteiger partial charge in [0.05, 0.1) is 18.0 Å². The van der Waals surface area contributed by atoms with Crippen molar-refractivity contribution in [3.05, 3.63) is 76.2 Å². The summed E-state index contributed by atoms with van der Waals surface area (Å²) in [5, 5.41) is 22.7. The van der Waals surface area contributed by atoms with Crippen molar-refractivity contribution in [2.75, 3.05) is 18.4 Å². The van der Waals surface area contributed by atoms with E-state index < -0.39 is 5.97 Å². The normalized spacial score (nSPS) is 20.1. The summed E-state index contributed by atoms with van der Waals surface area (Å²) in [7, 11) is 0. The average Bonchev–Trinajstić information content (AvgIpc) is 3.56. The maximum Gasteiger partial charge on any atom is 0.306 e. The van der Waals surface area contributed by atoms with Gasteiger partial charge in [0.2, 0.25) is 0 Å². The van der Waals surface area contributed by atoms with Crippen LogP contribution >= 0.6 is 11.3 Å². The highest BCUT2D eigenvalue weighted by molar-refractivity contribution is 7.15. The SMILES string of the molecule is Cc1ccc(NC2CNC2)cc1C(=O)N[C@H](C)c1cccc(-c2ccc(CN[C@H]3CC[C@@H](C(=O)O)C3)s2)c1. The van der Waals surface area contributed by atoms with Crippen molar-refractivity contribution in [1.82, 2.24) is 16.0 Å². The summed E-state index contributed by atoms with van der Waals surface area (Å²) in [6.45, 7) is 6.62. The molecule has 0 radical (unpaired) electrons. The minimum absolute atomic E-state index is 0.0719. The molecule has 7 nitrogen and oxygen atoms in total. The van der Waals surface area contributed by atoms with Crippen molar-refractivity contribution < 1.29 is 14.7 Å². The molecule has 5 rings (SSSR count). The van der Waals surface area contributed by atoms with Crippen LogP contribution in [0.3, 0.4) is 0 Å². The Labute approximate surface area is 228 Å². The Hall–Kier alpha value is -3.20. The monoisotopic (exact) mass is 532 g/mol. The zero-order chi connectivity index (χ0) is 26.6. The molecule has 200 valence electrons. The summed E-state index contributed by atoms with van der Waals surface area (Å²) < 4.78 is 0. The number of benzene rings is 2. The Morgan fingerprint density at radius 2 is 1.92 bits per heavy atom. The van der Waals surface area contributed by atoms with E-state index in [1.807, 2.05) is 38.1 Å². The second-order valence-electron chi connectivity index (χ2n) is 10.5. The fraction of sp³-hybridized carbons (Fsp3) is 0.400. The van der Waals surface area contributed by atoms with E-state index in [1.165, 1.54) is 9.75 Å². The zero-order valence-electron chi connectivity index (χ0n) is 21.9. The van der Waals surface area contributed by atoms with E-state index in [0.717, 1.165) is 54.9 Å². The number of aliphatic carboxylic acids is 1. The molecule has 3 aromatic rings. The van der Waals surface area contributed by atoms with Gasteiger partial charge in [-0.25, -0.2) is 0 Å². The van der Waals surface area contributed by atoms with Crippen LogP contribution in [0.4, 0.5) is 5.69 Å². The molecule has 38 heavy (non-hydrogen) atoms. The summed E-state index contributed by atoms with van der Waals surface area (Å²) in [6.07, 6.45) is 2.38. The minimum Gasteiger partial charge on any atom is -0.481 e. The number of carboxylic acids is 1. The summed E-state index contributed by atoms with van der Waals surface area (Å²) in [4.78, 5) is 26.8. The minimum atomic E-state index is -0.680. The van der Waals surface area contributed by atoms with Crippen molar-refractivity contribution in [3.8, 4) is 10.4 Å². The van der Waals surface area contributed by atoms with Crippen molar-refractivity contribution in [2.45, 2.75) is 57.8 Å². The van der Waals surface area contributed by atoms with Crippen LogP contribution in [0.1, 0.15) is 58.6 Å². The van der Waals surface area contributed by atoms with Gasteiger partial charge in [-0.2, -0.15) is 0 Å². The van der Waals surface area contributed by atoms with Crippen LogP contribution in [0.25, 0.3) is 10.4 Å². The van der Waals surface area contributed by atoms with Crippen LogP contribution in [0.15, 0.2) is 54.6 Å². The number of anilines is 1. The molecule has 3 atom stereocenters. The Balaban J connectivity index is 1.20. The van der Waals surface area contributed by atoms with E-state index in [1.54, 1.807) is 11.3 Å². The molecule has 2 aromatic carbocycles. The number of aryl methyl sites for hydroxylation is 1. The molecule has 1 saturated heterocycles. The van der Waals surface area contributed by atoms with Gasteiger partial charge in [-0.05, 0) is 80.1 Å². The lowest BCUT2D eigenvalue weighted by molar-refractivity contribution is -0.141. The van der Waals surface area contributed by atoms with Crippen molar-refractivity contribution in [1.29, 1.82) is 0 Å². The summed E-state index contributed by atoms with van der Waals surface area (Å²) >= 11 is 1.74. The molecule has 2 aliphatic rings. The summed E-state index contributed by atoms with van der Waals surface area (Å²) in [5.74, 6) is -0.969. The van der Waals surface area contributed by atoms with E-state index in [2.05, 4.69) is 51.6 Å². The first-order chi connectivity index (χ1) is 18.4. The van der Waals surface area contributed by atoms with E-state index >= 15 is 0 Å². The van der Waals surface area contributed by atoms with Gasteiger partial charge in [0, 0.05) is 46.7 Å². The zero-order valence-corrected chi connectivity index (χ0v) is 22.7. The maximum atomic E-state index is 13.2. The van der Waals surface area contributed by atoms with Crippen molar-refractivity contribution >= 4 is 28.9 Å². The maximum absolute atomic E-state index is 13.2. The Morgan fingerprint density at radius 3 is 2.66 bits per heavy atom. The molecular formula is C30H36N4O3S. The third kappa shape index (κ3) is 6.26. The lowest BCUT2D eigenvalue weighted by Crippen LogP contribution is -2.51. The molecule has 1 saturated carbocycles. The smallest absolute Gasteiger partial charge is 0.306 e. The highest BCUT2D eigenvalue weighted by Gasteiger charge is 2.29. The first-order valence-electron chi connectivity index (χ1n) is 13.4. The van der Waals surface area contributed by atoms with Gasteiger partial charge in [-0.1, -0.05) is 24.3 Å². The number of carbonyl (C=O) groups is 2. The van der Waals surface area contributed by atoms with Gasteiger partial charge in [0.15, 0.2) is 0 Å².